The second-order valence-electron chi connectivity index (χ2n) is 4.12. The zero-order valence-electron chi connectivity index (χ0n) is 9.68. The molecule has 1 aromatic rings. The van der Waals surface area contributed by atoms with Gasteiger partial charge in [0.15, 0.2) is 0 Å². The number of amides is 1. The molecule has 0 bridgehead atoms. The first-order chi connectivity index (χ1) is 7.66. The van der Waals surface area contributed by atoms with Gasteiger partial charge in [0.05, 0.1) is 12.1 Å². The molecule has 1 aliphatic heterocycles. The number of nitrogens with two attached hydrogens (primary N) is 1. The summed E-state index contributed by atoms with van der Waals surface area (Å²) < 4.78 is 5.56. The molecule has 3 N–H and O–H groups in total. The van der Waals surface area contributed by atoms with E-state index in [0.717, 1.165) is 17.7 Å². The second-order valence-corrected chi connectivity index (χ2v) is 4.12. The number of ether oxygens (including phenoxy) is 1. The van der Waals surface area contributed by atoms with E-state index in [-0.39, 0.29) is 24.4 Å². The number of halogens is 1. The minimum absolute atomic E-state index is 0. The number of benzene rings is 1. The molecule has 1 heterocycles. The van der Waals surface area contributed by atoms with Crippen molar-refractivity contribution in [2.24, 2.45) is 5.73 Å². The number of hydrogen-bond donors (Lipinski definition) is 2. The molecule has 94 valence electrons. The number of fused-ring (bicyclic) bond motifs is 1. The Morgan fingerprint density at radius 3 is 2.94 bits per heavy atom. The Bertz CT molecular complexity index is 396. The van der Waals surface area contributed by atoms with E-state index in [1.807, 2.05) is 24.3 Å². The molecule has 0 saturated heterocycles. The number of carbonyl (C=O) groups excluding carboxylic acids is 1. The Morgan fingerprint density at radius 2 is 2.24 bits per heavy atom. The predicted octanol–water partition coefficient (Wildman–Crippen LogP) is 0.875. The maximum Gasteiger partial charge on any atom is 0.236 e. The average molecular weight is 257 g/mol. The minimum Gasteiger partial charge on any atom is -0.491 e. The van der Waals surface area contributed by atoms with E-state index in [2.05, 4.69) is 5.32 Å². The topological polar surface area (TPSA) is 64.4 Å². The van der Waals surface area contributed by atoms with Gasteiger partial charge in [0.25, 0.3) is 0 Å². The fourth-order valence-corrected chi connectivity index (χ4v) is 1.75. The summed E-state index contributed by atoms with van der Waals surface area (Å²) in [6, 6.07) is 7.42. The van der Waals surface area contributed by atoms with Crippen molar-refractivity contribution in [2.75, 3.05) is 6.61 Å². The molecule has 2 atom stereocenters. The van der Waals surface area contributed by atoms with Crippen LogP contribution in [0.2, 0.25) is 0 Å². The van der Waals surface area contributed by atoms with Crippen molar-refractivity contribution in [1.82, 2.24) is 5.32 Å². The van der Waals surface area contributed by atoms with E-state index in [9.17, 15) is 4.79 Å². The van der Waals surface area contributed by atoms with Crippen molar-refractivity contribution >= 4 is 18.3 Å². The number of nitrogens with one attached hydrogen (secondary N) is 1. The van der Waals surface area contributed by atoms with Crippen molar-refractivity contribution in [3.8, 4) is 5.75 Å². The first-order valence-corrected chi connectivity index (χ1v) is 5.43. The standard InChI is InChI=1S/C12H16N2O2.ClH/c1-8(13)12(15)14-10-6-9-4-2-3-5-11(9)16-7-10;/h2-5,8,10H,6-7,13H2,1H3,(H,14,15);1H/t8-,10?;/m0./s1. The Morgan fingerprint density at radius 1 is 1.53 bits per heavy atom. The highest BCUT2D eigenvalue weighted by Crippen LogP contribution is 2.23. The van der Waals surface area contributed by atoms with Crippen molar-refractivity contribution in [3.05, 3.63) is 29.8 Å². The van der Waals surface area contributed by atoms with Gasteiger partial charge in [-0.15, -0.1) is 12.4 Å². The van der Waals surface area contributed by atoms with Crippen molar-refractivity contribution in [3.63, 3.8) is 0 Å². The molecule has 4 nitrogen and oxygen atoms in total. The van der Waals surface area contributed by atoms with E-state index in [4.69, 9.17) is 10.5 Å². The molecule has 17 heavy (non-hydrogen) atoms. The van der Waals surface area contributed by atoms with Gasteiger partial charge < -0.3 is 15.8 Å². The van der Waals surface area contributed by atoms with Crippen molar-refractivity contribution < 1.29 is 9.53 Å². The molecule has 2 rings (SSSR count). The Balaban J connectivity index is 0.00000144. The van der Waals surface area contributed by atoms with Crippen molar-refractivity contribution in [2.45, 2.75) is 25.4 Å². The van der Waals surface area contributed by atoms with Gasteiger partial charge in [0, 0.05) is 0 Å². The largest absolute Gasteiger partial charge is 0.491 e. The Labute approximate surface area is 107 Å². The summed E-state index contributed by atoms with van der Waals surface area (Å²) >= 11 is 0. The minimum atomic E-state index is -0.475. The maximum absolute atomic E-state index is 11.4. The summed E-state index contributed by atoms with van der Waals surface area (Å²) in [6.07, 6.45) is 0.800. The van der Waals surface area contributed by atoms with Crippen LogP contribution in [0.1, 0.15) is 12.5 Å². The second kappa shape index (κ2) is 5.89. The average Bonchev–Trinajstić information content (AvgIpc) is 2.28. The van der Waals surface area contributed by atoms with E-state index < -0.39 is 6.04 Å². The smallest absolute Gasteiger partial charge is 0.236 e. The summed E-state index contributed by atoms with van der Waals surface area (Å²) in [6.45, 7) is 2.18. The molecule has 1 amide bonds. The van der Waals surface area contributed by atoms with Crippen LogP contribution in [0.15, 0.2) is 24.3 Å². The molecule has 5 heteroatoms. The van der Waals surface area contributed by atoms with Gasteiger partial charge in [-0.05, 0) is 25.0 Å². The highest BCUT2D eigenvalue weighted by molar-refractivity contribution is 5.85. The maximum atomic E-state index is 11.4. The molecule has 0 radical (unpaired) electrons. The fraction of sp³-hybridized carbons (Fsp3) is 0.417. The van der Waals surface area contributed by atoms with Gasteiger partial charge in [-0.25, -0.2) is 0 Å². The highest BCUT2D eigenvalue weighted by atomic mass is 35.5. The van der Waals surface area contributed by atoms with Crippen LogP contribution in [0.25, 0.3) is 0 Å². The summed E-state index contributed by atoms with van der Waals surface area (Å²) in [4.78, 5) is 11.4. The van der Waals surface area contributed by atoms with Crippen LogP contribution >= 0.6 is 12.4 Å². The number of para-hydroxylation sites is 1. The lowest BCUT2D eigenvalue weighted by molar-refractivity contribution is -0.123. The lowest BCUT2D eigenvalue weighted by Gasteiger charge is -2.26. The molecule has 0 aromatic heterocycles. The number of rotatable bonds is 2. The molecule has 1 aliphatic rings. The third-order valence-corrected chi connectivity index (χ3v) is 2.64. The highest BCUT2D eigenvalue weighted by Gasteiger charge is 2.21. The lowest BCUT2D eigenvalue weighted by atomic mass is 10.0. The van der Waals surface area contributed by atoms with E-state index in [1.54, 1.807) is 6.92 Å². The zero-order valence-corrected chi connectivity index (χ0v) is 10.5. The van der Waals surface area contributed by atoms with Gasteiger partial charge in [-0.2, -0.15) is 0 Å². The lowest BCUT2D eigenvalue weighted by Crippen LogP contribution is -2.48. The molecule has 0 spiro atoms. The number of carbonyl (C=O) groups is 1. The van der Waals surface area contributed by atoms with E-state index >= 15 is 0 Å². The van der Waals surface area contributed by atoms with Crippen LogP contribution in [0.5, 0.6) is 5.75 Å². The van der Waals surface area contributed by atoms with E-state index in [0.29, 0.717) is 6.61 Å². The molecular weight excluding hydrogens is 240 g/mol. The Hall–Kier alpha value is -1.26. The van der Waals surface area contributed by atoms with Gasteiger partial charge in [0.2, 0.25) is 5.91 Å². The summed E-state index contributed by atoms with van der Waals surface area (Å²) in [5.74, 6) is 0.779. The number of hydrogen-bond acceptors (Lipinski definition) is 3. The van der Waals surface area contributed by atoms with Crippen LogP contribution in [-0.2, 0) is 11.2 Å². The quantitative estimate of drug-likeness (QED) is 0.826. The zero-order chi connectivity index (χ0) is 11.5. The van der Waals surface area contributed by atoms with Crippen LogP contribution in [0, 0.1) is 0 Å². The SMILES string of the molecule is C[C@H](N)C(=O)NC1COc2ccccc2C1.Cl. The molecule has 0 saturated carbocycles. The normalized spacial score (nSPS) is 19.3. The fourth-order valence-electron chi connectivity index (χ4n) is 1.75. The van der Waals surface area contributed by atoms with Crippen LogP contribution < -0.4 is 15.8 Å². The molecular formula is C12H17ClN2O2. The predicted molar refractivity (Wildman–Crippen MR) is 68.5 cm³/mol. The summed E-state index contributed by atoms with van der Waals surface area (Å²) in [5.41, 5.74) is 6.62. The third kappa shape index (κ3) is 3.35. The Kier molecular flexibility index (Phi) is 4.78. The summed E-state index contributed by atoms with van der Waals surface area (Å²) in [5, 5.41) is 2.87. The van der Waals surface area contributed by atoms with Gasteiger partial charge >= 0.3 is 0 Å². The van der Waals surface area contributed by atoms with Crippen LogP contribution in [0.4, 0.5) is 0 Å². The van der Waals surface area contributed by atoms with Crippen LogP contribution in [-0.4, -0.2) is 24.6 Å². The van der Waals surface area contributed by atoms with E-state index in [1.165, 1.54) is 0 Å². The molecule has 0 aliphatic carbocycles. The molecule has 1 aromatic carbocycles. The van der Waals surface area contributed by atoms with Gasteiger partial charge in [-0.3, -0.25) is 4.79 Å². The van der Waals surface area contributed by atoms with Crippen LogP contribution in [0.3, 0.4) is 0 Å². The first kappa shape index (κ1) is 13.8. The summed E-state index contributed by atoms with van der Waals surface area (Å²) in [7, 11) is 0. The molecule has 1 unspecified atom stereocenters. The van der Waals surface area contributed by atoms with Gasteiger partial charge in [-0.1, -0.05) is 18.2 Å². The monoisotopic (exact) mass is 256 g/mol. The first-order valence-electron chi connectivity index (χ1n) is 5.43. The van der Waals surface area contributed by atoms with Gasteiger partial charge in [0.1, 0.15) is 12.4 Å². The molecule has 0 fully saturated rings. The van der Waals surface area contributed by atoms with Crippen molar-refractivity contribution in [1.29, 1.82) is 0 Å². The third-order valence-electron chi connectivity index (χ3n) is 2.64.